The lowest BCUT2D eigenvalue weighted by molar-refractivity contribution is 0.440. The Morgan fingerprint density at radius 1 is 1.45 bits per heavy atom. The predicted octanol–water partition coefficient (Wildman–Crippen LogP) is 3.83. The lowest BCUT2D eigenvalue weighted by atomic mass is 9.87. The number of thioether (sulfide) groups is 1. The molecule has 0 nitrogen and oxygen atoms in total. The average Bonchev–Trinajstić information content (AvgIpc) is 2.31. The minimum Gasteiger partial charge on any atom is -0.127 e. The van der Waals surface area contributed by atoms with E-state index >= 15 is 0 Å². The van der Waals surface area contributed by atoms with Gasteiger partial charge in [-0.15, -0.1) is 11.8 Å². The van der Waals surface area contributed by atoms with Crippen molar-refractivity contribution in [3.05, 3.63) is 11.5 Å². The fourth-order valence-corrected chi connectivity index (χ4v) is 3.21. The van der Waals surface area contributed by atoms with Gasteiger partial charge in [-0.25, -0.2) is 0 Å². The molecule has 0 bridgehead atoms. The van der Waals surface area contributed by atoms with Crippen molar-refractivity contribution in [3.8, 4) is 0 Å². The number of rotatable bonds is 3. The van der Waals surface area contributed by atoms with Gasteiger partial charge in [0, 0.05) is 4.75 Å². The third-order valence-corrected chi connectivity index (χ3v) is 3.96. The Balaban J connectivity index is 2.56. The second-order valence-corrected chi connectivity index (χ2v) is 4.96. The monoisotopic (exact) mass is 170 g/mol. The van der Waals surface area contributed by atoms with Gasteiger partial charge in [-0.05, 0) is 31.1 Å². The van der Waals surface area contributed by atoms with Gasteiger partial charge in [-0.3, -0.25) is 0 Å². The van der Waals surface area contributed by atoms with Gasteiger partial charge in [0.25, 0.3) is 0 Å². The van der Waals surface area contributed by atoms with E-state index in [0.717, 1.165) is 5.92 Å². The van der Waals surface area contributed by atoms with E-state index in [2.05, 4.69) is 32.3 Å². The molecule has 1 rings (SSSR count). The first kappa shape index (κ1) is 9.18. The average molecular weight is 170 g/mol. The van der Waals surface area contributed by atoms with Crippen LogP contribution in [0, 0.1) is 5.92 Å². The Morgan fingerprint density at radius 3 is 2.73 bits per heavy atom. The van der Waals surface area contributed by atoms with Gasteiger partial charge >= 0.3 is 0 Å². The van der Waals surface area contributed by atoms with Crippen molar-refractivity contribution < 1.29 is 0 Å². The van der Waals surface area contributed by atoms with Gasteiger partial charge in [-0.2, -0.15) is 0 Å². The van der Waals surface area contributed by atoms with Gasteiger partial charge < -0.3 is 0 Å². The number of hydrogen-bond acceptors (Lipinski definition) is 1. The fourth-order valence-electron chi connectivity index (χ4n) is 1.89. The molecule has 0 aromatic carbocycles. The second-order valence-electron chi connectivity index (χ2n) is 3.52. The molecule has 1 heteroatoms. The summed E-state index contributed by atoms with van der Waals surface area (Å²) in [4.78, 5) is 0. The summed E-state index contributed by atoms with van der Waals surface area (Å²) in [6.45, 7) is 6.96. The Labute approximate surface area is 74.5 Å². The van der Waals surface area contributed by atoms with Crippen LogP contribution in [0.4, 0.5) is 0 Å². The van der Waals surface area contributed by atoms with Crippen LogP contribution in [-0.2, 0) is 0 Å². The van der Waals surface area contributed by atoms with Crippen molar-refractivity contribution >= 4 is 11.8 Å². The fraction of sp³-hybridized carbons (Fsp3) is 0.800. The van der Waals surface area contributed by atoms with Crippen LogP contribution in [0.15, 0.2) is 11.5 Å². The molecule has 0 saturated carbocycles. The number of allylic oxidation sites excluding steroid dienone is 1. The van der Waals surface area contributed by atoms with E-state index in [1.807, 2.05) is 11.8 Å². The molecule has 0 amide bonds. The highest BCUT2D eigenvalue weighted by atomic mass is 32.2. The van der Waals surface area contributed by atoms with E-state index in [1.165, 1.54) is 19.3 Å². The molecule has 2 unspecified atom stereocenters. The summed E-state index contributed by atoms with van der Waals surface area (Å²) in [7, 11) is 0. The van der Waals surface area contributed by atoms with Gasteiger partial charge in [0.05, 0.1) is 0 Å². The molecule has 0 aromatic heterocycles. The van der Waals surface area contributed by atoms with Crippen molar-refractivity contribution in [1.82, 2.24) is 0 Å². The summed E-state index contributed by atoms with van der Waals surface area (Å²) in [6, 6.07) is 0. The summed E-state index contributed by atoms with van der Waals surface area (Å²) >= 11 is 2.02. The molecule has 1 heterocycles. The zero-order chi connectivity index (χ0) is 8.32. The maximum Gasteiger partial charge on any atom is 0.0235 e. The molecular weight excluding hydrogens is 152 g/mol. The summed E-state index contributed by atoms with van der Waals surface area (Å²) in [5, 5.41) is 2.28. The third kappa shape index (κ3) is 1.81. The molecule has 0 aromatic rings. The van der Waals surface area contributed by atoms with Crippen molar-refractivity contribution in [2.45, 2.75) is 44.8 Å². The highest BCUT2D eigenvalue weighted by Gasteiger charge is 2.33. The predicted molar refractivity (Wildman–Crippen MR) is 53.8 cm³/mol. The van der Waals surface area contributed by atoms with Crippen LogP contribution >= 0.6 is 11.8 Å². The molecule has 0 aliphatic carbocycles. The van der Waals surface area contributed by atoms with Gasteiger partial charge in [0.2, 0.25) is 0 Å². The molecule has 64 valence electrons. The second kappa shape index (κ2) is 3.66. The largest absolute Gasteiger partial charge is 0.127 e. The van der Waals surface area contributed by atoms with Crippen molar-refractivity contribution in [1.29, 1.82) is 0 Å². The Bertz CT molecular complexity index is 151. The van der Waals surface area contributed by atoms with Crippen LogP contribution in [0.1, 0.15) is 40.0 Å². The SMILES string of the molecule is CCCC1(C)SC=CC1CC. The molecule has 0 radical (unpaired) electrons. The molecule has 11 heavy (non-hydrogen) atoms. The number of hydrogen-bond donors (Lipinski definition) is 0. The van der Waals surface area contributed by atoms with Crippen LogP contribution in [0.25, 0.3) is 0 Å². The Hall–Kier alpha value is 0.0900. The summed E-state index contributed by atoms with van der Waals surface area (Å²) < 4.78 is 0.517. The summed E-state index contributed by atoms with van der Waals surface area (Å²) in [5.74, 6) is 0.812. The highest BCUT2D eigenvalue weighted by molar-refractivity contribution is 8.03. The Kier molecular flexibility index (Phi) is 3.06. The minimum atomic E-state index is 0.517. The van der Waals surface area contributed by atoms with E-state index in [4.69, 9.17) is 0 Å². The quantitative estimate of drug-likeness (QED) is 0.620. The summed E-state index contributed by atoms with van der Waals surface area (Å²) in [5.41, 5.74) is 0. The first-order chi connectivity index (χ1) is 5.23. The first-order valence-electron chi connectivity index (χ1n) is 4.57. The van der Waals surface area contributed by atoms with Crippen molar-refractivity contribution in [2.24, 2.45) is 5.92 Å². The minimum absolute atomic E-state index is 0.517. The van der Waals surface area contributed by atoms with E-state index in [0.29, 0.717) is 4.75 Å². The molecular formula is C10H18S. The lowest BCUT2D eigenvalue weighted by Crippen LogP contribution is -2.25. The zero-order valence-electron chi connectivity index (χ0n) is 7.76. The molecule has 1 aliphatic heterocycles. The van der Waals surface area contributed by atoms with Gasteiger partial charge in [-0.1, -0.05) is 26.3 Å². The standard InChI is InChI=1S/C10H18S/c1-4-7-10(3)9(5-2)6-8-11-10/h6,8-9H,4-5,7H2,1-3H3. The zero-order valence-corrected chi connectivity index (χ0v) is 8.58. The third-order valence-electron chi connectivity index (χ3n) is 2.62. The lowest BCUT2D eigenvalue weighted by Gasteiger charge is -2.29. The molecule has 0 fully saturated rings. The summed E-state index contributed by atoms with van der Waals surface area (Å²) in [6.07, 6.45) is 6.32. The van der Waals surface area contributed by atoms with E-state index in [9.17, 15) is 0 Å². The normalized spacial score (nSPS) is 36.5. The van der Waals surface area contributed by atoms with E-state index < -0.39 is 0 Å². The van der Waals surface area contributed by atoms with Crippen LogP contribution in [0.3, 0.4) is 0 Å². The molecule has 1 aliphatic rings. The van der Waals surface area contributed by atoms with E-state index in [-0.39, 0.29) is 0 Å². The van der Waals surface area contributed by atoms with Crippen molar-refractivity contribution in [3.63, 3.8) is 0 Å². The topological polar surface area (TPSA) is 0 Å². The molecule has 0 spiro atoms. The van der Waals surface area contributed by atoms with Crippen LogP contribution in [0.2, 0.25) is 0 Å². The van der Waals surface area contributed by atoms with Crippen LogP contribution in [-0.4, -0.2) is 4.75 Å². The van der Waals surface area contributed by atoms with Gasteiger partial charge in [0.15, 0.2) is 0 Å². The maximum absolute atomic E-state index is 2.40. The molecule has 0 saturated heterocycles. The van der Waals surface area contributed by atoms with Gasteiger partial charge in [0.1, 0.15) is 0 Å². The smallest absolute Gasteiger partial charge is 0.0235 e. The maximum atomic E-state index is 2.40. The van der Waals surface area contributed by atoms with Crippen LogP contribution in [0.5, 0.6) is 0 Å². The first-order valence-corrected chi connectivity index (χ1v) is 5.45. The van der Waals surface area contributed by atoms with Crippen LogP contribution < -0.4 is 0 Å². The molecule has 2 atom stereocenters. The molecule has 0 N–H and O–H groups in total. The van der Waals surface area contributed by atoms with Crippen molar-refractivity contribution in [2.75, 3.05) is 0 Å². The van der Waals surface area contributed by atoms with E-state index in [1.54, 1.807) is 0 Å². The highest BCUT2D eigenvalue weighted by Crippen LogP contribution is 2.45. The Morgan fingerprint density at radius 2 is 2.18 bits per heavy atom.